The van der Waals surface area contributed by atoms with E-state index in [0.717, 1.165) is 9.46 Å². The number of piperazine rings is 1. The highest BCUT2D eigenvalue weighted by Crippen LogP contribution is 2.17. The topological polar surface area (TPSA) is 91.3 Å². The van der Waals surface area contributed by atoms with E-state index in [0.29, 0.717) is 37.7 Å². The molecule has 1 aliphatic heterocycles. The average molecular weight is 361 g/mol. The molecule has 1 amide bonds. The molecule has 2 aromatic rings. The molecule has 9 heteroatoms. The summed E-state index contributed by atoms with van der Waals surface area (Å²) in [6.45, 7) is 2.28. The number of H-pyrrole nitrogens is 1. The SMILES string of the molecule is Cn1c(=O)cc(N2CCN(C(=O)CSc3ccncc3)CC2)[nH]c1=O. The fourth-order valence-corrected chi connectivity index (χ4v) is 3.37. The largest absolute Gasteiger partial charge is 0.354 e. The molecule has 132 valence electrons. The Bertz CT molecular complexity index is 825. The Hall–Kier alpha value is -2.55. The number of carbonyl (C=O) groups excluding carboxylic acids is 1. The molecular weight excluding hydrogens is 342 g/mol. The van der Waals surface area contributed by atoms with Crippen LogP contribution in [0.1, 0.15) is 0 Å². The van der Waals surface area contributed by atoms with Crippen LogP contribution >= 0.6 is 11.8 Å². The smallest absolute Gasteiger partial charge is 0.329 e. The van der Waals surface area contributed by atoms with Crippen molar-refractivity contribution in [3.63, 3.8) is 0 Å². The number of carbonyl (C=O) groups is 1. The van der Waals surface area contributed by atoms with Gasteiger partial charge in [-0.05, 0) is 12.1 Å². The Labute approximate surface area is 148 Å². The van der Waals surface area contributed by atoms with E-state index >= 15 is 0 Å². The third-order valence-electron chi connectivity index (χ3n) is 4.12. The molecule has 0 aromatic carbocycles. The molecule has 1 N–H and O–H groups in total. The van der Waals surface area contributed by atoms with Crippen molar-refractivity contribution in [2.75, 3.05) is 36.8 Å². The van der Waals surface area contributed by atoms with Gasteiger partial charge in [0, 0.05) is 56.6 Å². The number of amides is 1. The Balaban J connectivity index is 1.55. The number of anilines is 1. The van der Waals surface area contributed by atoms with Crippen molar-refractivity contribution < 1.29 is 4.79 Å². The van der Waals surface area contributed by atoms with E-state index in [1.54, 1.807) is 12.4 Å². The molecule has 1 fully saturated rings. The Morgan fingerprint density at radius 2 is 1.88 bits per heavy atom. The molecule has 8 nitrogen and oxygen atoms in total. The lowest BCUT2D eigenvalue weighted by Gasteiger charge is -2.35. The Kier molecular flexibility index (Phi) is 5.22. The minimum absolute atomic E-state index is 0.0823. The summed E-state index contributed by atoms with van der Waals surface area (Å²) in [6.07, 6.45) is 3.41. The molecule has 0 radical (unpaired) electrons. The van der Waals surface area contributed by atoms with Gasteiger partial charge >= 0.3 is 5.69 Å². The van der Waals surface area contributed by atoms with Crippen LogP contribution in [0.5, 0.6) is 0 Å². The standard InChI is InChI=1S/C16H19N5O3S/c1-19-14(22)10-13(18-16(19)24)20-6-8-21(9-7-20)15(23)11-25-12-2-4-17-5-3-12/h2-5,10H,6-9,11H2,1H3,(H,18,24). The number of aromatic nitrogens is 3. The van der Waals surface area contributed by atoms with E-state index in [-0.39, 0.29) is 11.5 Å². The second kappa shape index (κ2) is 7.56. The fraction of sp³-hybridized carbons (Fsp3) is 0.375. The minimum Gasteiger partial charge on any atom is -0.354 e. The summed E-state index contributed by atoms with van der Waals surface area (Å²) in [5.74, 6) is 0.970. The number of hydrogen-bond donors (Lipinski definition) is 1. The number of hydrogen-bond acceptors (Lipinski definition) is 6. The van der Waals surface area contributed by atoms with E-state index in [1.807, 2.05) is 21.9 Å². The normalized spacial score (nSPS) is 14.6. The summed E-state index contributed by atoms with van der Waals surface area (Å²) < 4.78 is 1.03. The third-order valence-corrected chi connectivity index (χ3v) is 5.11. The Morgan fingerprint density at radius 1 is 1.20 bits per heavy atom. The summed E-state index contributed by atoms with van der Waals surface area (Å²) in [6, 6.07) is 5.17. The second-order valence-electron chi connectivity index (χ2n) is 5.70. The van der Waals surface area contributed by atoms with Crippen molar-refractivity contribution in [1.82, 2.24) is 19.4 Å². The first-order valence-corrected chi connectivity index (χ1v) is 8.89. The number of aromatic amines is 1. The number of nitrogens with zero attached hydrogens (tertiary/aromatic N) is 4. The van der Waals surface area contributed by atoms with Crippen LogP contribution in [0.25, 0.3) is 0 Å². The summed E-state index contributed by atoms with van der Waals surface area (Å²) in [7, 11) is 1.43. The zero-order valence-corrected chi connectivity index (χ0v) is 14.7. The lowest BCUT2D eigenvalue weighted by molar-refractivity contribution is -0.128. The van der Waals surface area contributed by atoms with Gasteiger partial charge in [-0.3, -0.25) is 24.1 Å². The summed E-state index contributed by atoms with van der Waals surface area (Å²) in [5, 5.41) is 0. The molecule has 0 spiro atoms. The van der Waals surface area contributed by atoms with Crippen LogP contribution in [-0.2, 0) is 11.8 Å². The number of thioether (sulfide) groups is 1. The molecule has 0 atom stereocenters. The number of nitrogens with one attached hydrogen (secondary N) is 1. The summed E-state index contributed by atoms with van der Waals surface area (Å²) in [5.41, 5.74) is -0.777. The predicted molar refractivity (Wildman–Crippen MR) is 96.1 cm³/mol. The van der Waals surface area contributed by atoms with Crippen LogP contribution in [-0.4, -0.2) is 57.3 Å². The molecule has 1 aliphatic rings. The maximum Gasteiger partial charge on any atom is 0.329 e. The van der Waals surface area contributed by atoms with Crippen molar-refractivity contribution in [3.8, 4) is 0 Å². The lowest BCUT2D eigenvalue weighted by atomic mass is 10.3. The molecule has 0 unspecified atom stereocenters. The molecule has 3 heterocycles. The third kappa shape index (κ3) is 4.11. The van der Waals surface area contributed by atoms with Crippen molar-refractivity contribution in [2.24, 2.45) is 7.05 Å². The zero-order chi connectivity index (χ0) is 17.8. The molecule has 0 bridgehead atoms. The van der Waals surface area contributed by atoms with Crippen LogP contribution in [0.4, 0.5) is 5.82 Å². The van der Waals surface area contributed by atoms with E-state index in [2.05, 4.69) is 9.97 Å². The monoisotopic (exact) mass is 361 g/mol. The minimum atomic E-state index is -0.435. The van der Waals surface area contributed by atoms with E-state index in [1.165, 1.54) is 24.9 Å². The van der Waals surface area contributed by atoms with Crippen molar-refractivity contribution in [3.05, 3.63) is 51.4 Å². The van der Waals surface area contributed by atoms with Crippen LogP contribution in [0, 0.1) is 0 Å². The zero-order valence-electron chi connectivity index (χ0n) is 13.8. The first kappa shape index (κ1) is 17.3. The lowest BCUT2D eigenvalue weighted by Crippen LogP contribution is -2.50. The predicted octanol–water partition coefficient (Wildman–Crippen LogP) is -0.0905. The molecule has 25 heavy (non-hydrogen) atoms. The van der Waals surface area contributed by atoms with Gasteiger partial charge in [0.15, 0.2) is 0 Å². The average Bonchev–Trinajstić information content (AvgIpc) is 2.64. The van der Waals surface area contributed by atoms with Gasteiger partial charge < -0.3 is 9.80 Å². The number of pyridine rings is 1. The van der Waals surface area contributed by atoms with Gasteiger partial charge in [0.2, 0.25) is 5.91 Å². The molecular formula is C16H19N5O3S. The van der Waals surface area contributed by atoms with Gasteiger partial charge in [0.1, 0.15) is 5.82 Å². The first-order valence-electron chi connectivity index (χ1n) is 7.90. The van der Waals surface area contributed by atoms with E-state index in [9.17, 15) is 14.4 Å². The van der Waals surface area contributed by atoms with Crippen molar-refractivity contribution in [2.45, 2.75) is 4.90 Å². The van der Waals surface area contributed by atoms with Gasteiger partial charge in [-0.15, -0.1) is 11.8 Å². The van der Waals surface area contributed by atoms with Gasteiger partial charge in [0.25, 0.3) is 5.56 Å². The quantitative estimate of drug-likeness (QED) is 0.766. The first-order chi connectivity index (χ1) is 12.0. The molecule has 3 rings (SSSR count). The van der Waals surface area contributed by atoms with E-state index < -0.39 is 5.69 Å². The maximum atomic E-state index is 12.3. The fourth-order valence-electron chi connectivity index (χ4n) is 2.58. The highest BCUT2D eigenvalue weighted by Gasteiger charge is 2.22. The highest BCUT2D eigenvalue weighted by molar-refractivity contribution is 8.00. The van der Waals surface area contributed by atoms with Gasteiger partial charge in [-0.25, -0.2) is 4.79 Å². The molecule has 1 saturated heterocycles. The molecule has 0 saturated carbocycles. The number of rotatable bonds is 4. The highest BCUT2D eigenvalue weighted by atomic mass is 32.2. The maximum absolute atomic E-state index is 12.3. The molecule has 0 aliphatic carbocycles. The van der Waals surface area contributed by atoms with E-state index in [4.69, 9.17) is 0 Å². The molecule has 2 aromatic heterocycles. The van der Waals surface area contributed by atoms with Crippen molar-refractivity contribution in [1.29, 1.82) is 0 Å². The summed E-state index contributed by atoms with van der Waals surface area (Å²) >= 11 is 1.49. The summed E-state index contributed by atoms with van der Waals surface area (Å²) in [4.78, 5) is 47.2. The van der Waals surface area contributed by atoms with Gasteiger partial charge in [-0.1, -0.05) is 0 Å². The van der Waals surface area contributed by atoms with Crippen LogP contribution in [0.3, 0.4) is 0 Å². The van der Waals surface area contributed by atoms with Gasteiger partial charge in [-0.2, -0.15) is 0 Å². The van der Waals surface area contributed by atoms with Crippen LogP contribution in [0.2, 0.25) is 0 Å². The van der Waals surface area contributed by atoms with Crippen LogP contribution < -0.4 is 16.1 Å². The van der Waals surface area contributed by atoms with Crippen molar-refractivity contribution >= 4 is 23.5 Å². The van der Waals surface area contributed by atoms with Gasteiger partial charge in [0.05, 0.1) is 5.75 Å². The second-order valence-corrected chi connectivity index (χ2v) is 6.75. The Morgan fingerprint density at radius 3 is 2.52 bits per heavy atom. The van der Waals surface area contributed by atoms with Crippen LogP contribution in [0.15, 0.2) is 45.1 Å².